The van der Waals surface area contributed by atoms with Crippen LogP contribution in [-0.2, 0) is 16.1 Å². The van der Waals surface area contributed by atoms with Crippen LogP contribution in [0.3, 0.4) is 0 Å². The minimum atomic E-state index is -0.979. The Kier molecular flexibility index (Phi) is 5.01. The highest BCUT2D eigenvalue weighted by atomic mass is 79.9. The number of nitrogens with zero attached hydrogens (tertiary/aromatic N) is 1. The van der Waals surface area contributed by atoms with Crippen LogP contribution in [0.1, 0.15) is 12.0 Å². The van der Waals surface area contributed by atoms with E-state index in [9.17, 15) is 9.59 Å². The molecule has 20 heavy (non-hydrogen) atoms. The highest BCUT2D eigenvalue weighted by Gasteiger charge is 2.31. The lowest BCUT2D eigenvalue weighted by molar-refractivity contribution is -0.143. The monoisotopic (exact) mass is 360 g/mol. The SMILES string of the molecule is O=C(O)CC1C(=O)NCCN1Cc1ccc(Cl)cc1Br. The molecule has 1 aliphatic rings. The summed E-state index contributed by atoms with van der Waals surface area (Å²) in [5.41, 5.74) is 0.972. The molecule has 0 aromatic heterocycles. The van der Waals surface area contributed by atoms with Crippen molar-refractivity contribution in [2.45, 2.75) is 19.0 Å². The first-order valence-electron chi connectivity index (χ1n) is 6.15. The minimum Gasteiger partial charge on any atom is -0.481 e. The molecule has 0 spiro atoms. The van der Waals surface area contributed by atoms with Gasteiger partial charge in [-0.3, -0.25) is 14.5 Å². The van der Waals surface area contributed by atoms with Crippen molar-refractivity contribution in [2.75, 3.05) is 13.1 Å². The molecule has 1 aromatic rings. The second kappa shape index (κ2) is 6.56. The van der Waals surface area contributed by atoms with Gasteiger partial charge in [-0.25, -0.2) is 0 Å². The van der Waals surface area contributed by atoms with Gasteiger partial charge in [0.1, 0.15) is 6.04 Å². The van der Waals surface area contributed by atoms with Crippen LogP contribution in [0, 0.1) is 0 Å². The van der Waals surface area contributed by atoms with Gasteiger partial charge in [-0.2, -0.15) is 0 Å². The second-order valence-corrected chi connectivity index (χ2v) is 5.90. The predicted octanol–water partition coefficient (Wildman–Crippen LogP) is 1.88. The third-order valence-corrected chi connectivity index (χ3v) is 4.17. The molecule has 0 aliphatic carbocycles. The van der Waals surface area contributed by atoms with Crippen LogP contribution in [0.5, 0.6) is 0 Å². The van der Waals surface area contributed by atoms with Gasteiger partial charge in [-0.15, -0.1) is 0 Å². The summed E-state index contributed by atoms with van der Waals surface area (Å²) in [4.78, 5) is 24.6. The number of aliphatic carboxylic acids is 1. The van der Waals surface area contributed by atoms with E-state index in [1.807, 2.05) is 11.0 Å². The molecule has 1 aliphatic heterocycles. The van der Waals surface area contributed by atoms with Crippen molar-refractivity contribution in [3.8, 4) is 0 Å². The Morgan fingerprint density at radius 1 is 1.55 bits per heavy atom. The van der Waals surface area contributed by atoms with Crippen molar-refractivity contribution in [3.05, 3.63) is 33.3 Å². The normalized spacial score (nSPS) is 19.7. The van der Waals surface area contributed by atoms with Crippen molar-refractivity contribution in [2.24, 2.45) is 0 Å². The van der Waals surface area contributed by atoms with E-state index in [1.165, 1.54) is 0 Å². The molecule has 1 saturated heterocycles. The molecule has 1 atom stereocenters. The van der Waals surface area contributed by atoms with Crippen LogP contribution in [0.2, 0.25) is 5.02 Å². The molecule has 2 rings (SSSR count). The number of carboxylic acids is 1. The van der Waals surface area contributed by atoms with E-state index < -0.39 is 12.0 Å². The fourth-order valence-electron chi connectivity index (χ4n) is 2.21. The first-order chi connectivity index (χ1) is 9.47. The number of nitrogens with one attached hydrogen (secondary N) is 1. The van der Waals surface area contributed by atoms with Crippen molar-refractivity contribution in [1.29, 1.82) is 0 Å². The van der Waals surface area contributed by atoms with Gasteiger partial charge in [-0.1, -0.05) is 33.6 Å². The Hall–Kier alpha value is -1.11. The molecule has 0 radical (unpaired) electrons. The van der Waals surface area contributed by atoms with Crippen LogP contribution in [-0.4, -0.2) is 41.0 Å². The standard InChI is InChI=1S/C13H14BrClN2O3/c14-10-5-9(15)2-1-8(10)7-17-4-3-16-13(20)11(17)6-12(18)19/h1-2,5,11H,3-4,6-7H2,(H,16,20)(H,18,19). The number of hydrogen-bond acceptors (Lipinski definition) is 3. The maximum atomic E-state index is 11.8. The smallest absolute Gasteiger partial charge is 0.305 e. The van der Waals surface area contributed by atoms with Crippen molar-refractivity contribution < 1.29 is 14.7 Å². The van der Waals surface area contributed by atoms with E-state index in [2.05, 4.69) is 21.2 Å². The molecule has 5 nitrogen and oxygen atoms in total. The molecule has 1 unspecified atom stereocenters. The number of benzene rings is 1. The number of carbonyl (C=O) groups is 2. The van der Waals surface area contributed by atoms with Crippen molar-refractivity contribution >= 4 is 39.4 Å². The number of carbonyl (C=O) groups excluding carboxylic acids is 1. The number of carboxylic acid groups (broad SMARTS) is 1. The summed E-state index contributed by atoms with van der Waals surface area (Å²) < 4.78 is 0.852. The van der Waals surface area contributed by atoms with Crippen LogP contribution >= 0.6 is 27.5 Å². The Bertz CT molecular complexity index is 538. The first kappa shape index (κ1) is 15.3. The predicted molar refractivity (Wildman–Crippen MR) is 78.6 cm³/mol. The van der Waals surface area contributed by atoms with Gasteiger partial charge in [0.05, 0.1) is 6.42 Å². The van der Waals surface area contributed by atoms with Crippen LogP contribution < -0.4 is 5.32 Å². The zero-order chi connectivity index (χ0) is 14.7. The summed E-state index contributed by atoms with van der Waals surface area (Å²) in [5, 5.41) is 12.2. The Morgan fingerprint density at radius 2 is 2.30 bits per heavy atom. The van der Waals surface area contributed by atoms with E-state index in [4.69, 9.17) is 16.7 Å². The fourth-order valence-corrected chi connectivity index (χ4v) is 3.02. The minimum absolute atomic E-state index is 0.197. The van der Waals surface area contributed by atoms with E-state index in [0.29, 0.717) is 24.7 Å². The van der Waals surface area contributed by atoms with Gasteiger partial charge in [0.25, 0.3) is 0 Å². The summed E-state index contributed by atoms with van der Waals surface area (Å²) in [7, 11) is 0. The Labute approximate surface area is 130 Å². The topological polar surface area (TPSA) is 69.6 Å². The molecule has 0 saturated carbocycles. The molecule has 1 fully saturated rings. The summed E-state index contributed by atoms with van der Waals surface area (Å²) in [6, 6.07) is 4.80. The van der Waals surface area contributed by atoms with Crippen molar-refractivity contribution in [1.82, 2.24) is 10.2 Å². The Morgan fingerprint density at radius 3 is 2.95 bits per heavy atom. The number of halogens is 2. The maximum absolute atomic E-state index is 11.8. The van der Waals surface area contributed by atoms with Gasteiger partial charge in [-0.05, 0) is 17.7 Å². The van der Waals surface area contributed by atoms with Crippen molar-refractivity contribution in [3.63, 3.8) is 0 Å². The average molecular weight is 362 g/mol. The van der Waals surface area contributed by atoms with Gasteiger partial charge in [0.15, 0.2) is 0 Å². The number of amides is 1. The first-order valence-corrected chi connectivity index (χ1v) is 7.32. The largest absolute Gasteiger partial charge is 0.481 e. The lowest BCUT2D eigenvalue weighted by Gasteiger charge is -2.34. The number of piperazine rings is 1. The molecule has 2 N–H and O–H groups in total. The lowest BCUT2D eigenvalue weighted by atomic mass is 10.1. The summed E-state index contributed by atoms with van der Waals surface area (Å²) in [6.07, 6.45) is -0.197. The van der Waals surface area contributed by atoms with Gasteiger partial charge >= 0.3 is 5.97 Å². The molecule has 1 heterocycles. The van der Waals surface area contributed by atoms with E-state index in [1.54, 1.807) is 12.1 Å². The highest BCUT2D eigenvalue weighted by Crippen LogP contribution is 2.24. The van der Waals surface area contributed by atoms with E-state index in [-0.39, 0.29) is 12.3 Å². The number of rotatable bonds is 4. The van der Waals surface area contributed by atoms with Gasteiger partial charge in [0, 0.05) is 29.1 Å². The zero-order valence-electron chi connectivity index (χ0n) is 10.6. The quantitative estimate of drug-likeness (QED) is 0.859. The molecular weight excluding hydrogens is 348 g/mol. The molecular formula is C13H14BrClN2O3. The Balaban J connectivity index is 2.16. The van der Waals surface area contributed by atoms with Crippen LogP contribution in [0.25, 0.3) is 0 Å². The van der Waals surface area contributed by atoms with E-state index in [0.717, 1.165) is 10.0 Å². The summed E-state index contributed by atoms with van der Waals surface area (Å²) in [5.74, 6) is -1.21. The maximum Gasteiger partial charge on any atom is 0.305 e. The highest BCUT2D eigenvalue weighted by molar-refractivity contribution is 9.10. The van der Waals surface area contributed by atoms with E-state index >= 15 is 0 Å². The third-order valence-electron chi connectivity index (χ3n) is 3.20. The third kappa shape index (κ3) is 3.71. The zero-order valence-corrected chi connectivity index (χ0v) is 12.9. The van der Waals surface area contributed by atoms with Crippen LogP contribution in [0.4, 0.5) is 0 Å². The fraction of sp³-hybridized carbons (Fsp3) is 0.385. The summed E-state index contributed by atoms with van der Waals surface area (Å²) in [6.45, 7) is 1.65. The second-order valence-electron chi connectivity index (χ2n) is 4.61. The van der Waals surface area contributed by atoms with Crippen LogP contribution in [0.15, 0.2) is 22.7 Å². The van der Waals surface area contributed by atoms with Gasteiger partial charge < -0.3 is 10.4 Å². The number of hydrogen-bond donors (Lipinski definition) is 2. The summed E-state index contributed by atoms with van der Waals surface area (Å²) >= 11 is 9.33. The molecule has 7 heteroatoms. The average Bonchev–Trinajstić information content (AvgIpc) is 2.36. The van der Waals surface area contributed by atoms with Gasteiger partial charge in [0.2, 0.25) is 5.91 Å². The molecule has 0 bridgehead atoms. The molecule has 108 valence electrons. The molecule has 1 aromatic carbocycles. The lowest BCUT2D eigenvalue weighted by Crippen LogP contribution is -2.55. The molecule has 1 amide bonds.